The minimum Gasteiger partial charge on any atom is -0.368 e. The molecule has 0 aromatic carbocycles. The normalized spacial score (nSPS) is 20.4. The molecule has 1 fully saturated rings. The van der Waals surface area contributed by atoms with Crippen molar-refractivity contribution in [1.29, 1.82) is 0 Å². The molecule has 7 heteroatoms. The van der Waals surface area contributed by atoms with Crippen molar-refractivity contribution in [2.75, 3.05) is 19.7 Å². The Hall–Kier alpha value is -0.950. The zero-order valence-electron chi connectivity index (χ0n) is 11.5. The van der Waals surface area contributed by atoms with Gasteiger partial charge in [0.2, 0.25) is 0 Å². The van der Waals surface area contributed by atoms with Crippen LogP contribution >= 0.6 is 22.9 Å². The Morgan fingerprint density at radius 1 is 1.55 bits per heavy atom. The first-order valence-electron chi connectivity index (χ1n) is 6.55. The third-order valence-electron chi connectivity index (χ3n) is 3.46. The largest absolute Gasteiger partial charge is 0.368 e. The van der Waals surface area contributed by atoms with E-state index >= 15 is 0 Å². The summed E-state index contributed by atoms with van der Waals surface area (Å²) in [5, 5.41) is 3.79. The quantitative estimate of drug-likeness (QED) is 0.873. The summed E-state index contributed by atoms with van der Waals surface area (Å²) in [5.41, 5.74) is 1.06. The lowest BCUT2D eigenvalue weighted by Crippen LogP contribution is -2.38. The minimum absolute atomic E-state index is 0.0678. The molecule has 20 heavy (non-hydrogen) atoms. The van der Waals surface area contributed by atoms with Gasteiger partial charge in [0.05, 0.1) is 19.3 Å². The highest BCUT2D eigenvalue weighted by Gasteiger charge is 2.25. The van der Waals surface area contributed by atoms with Crippen LogP contribution in [0.4, 0.5) is 0 Å². The molecule has 0 aliphatic carbocycles. The maximum atomic E-state index is 6.02. The minimum atomic E-state index is 0.0678. The molecule has 1 saturated heterocycles. The third-order valence-corrected chi connectivity index (χ3v) is 4.86. The average Bonchev–Trinajstić information content (AvgIpc) is 3.00. The Morgan fingerprint density at radius 2 is 2.40 bits per heavy atom. The molecule has 5 nitrogen and oxygen atoms in total. The summed E-state index contributed by atoms with van der Waals surface area (Å²) in [6.07, 6.45) is 1.76. The van der Waals surface area contributed by atoms with Gasteiger partial charge in [-0.05, 0) is 6.92 Å². The first-order valence-corrected chi connectivity index (χ1v) is 7.81. The Labute approximate surface area is 127 Å². The second-order valence-electron chi connectivity index (χ2n) is 4.98. The lowest BCUT2D eigenvalue weighted by molar-refractivity contribution is -0.0340. The van der Waals surface area contributed by atoms with E-state index in [1.165, 1.54) is 0 Å². The number of aromatic nitrogens is 3. The number of thiazole rings is 1. The molecule has 108 valence electrons. The summed E-state index contributed by atoms with van der Waals surface area (Å²) in [4.78, 5) is 11.2. The van der Waals surface area contributed by atoms with Crippen molar-refractivity contribution < 1.29 is 4.74 Å². The number of hydrogen-bond donors (Lipinski definition) is 0. The highest BCUT2D eigenvalue weighted by Crippen LogP contribution is 2.26. The fourth-order valence-corrected chi connectivity index (χ4v) is 3.27. The van der Waals surface area contributed by atoms with Crippen LogP contribution in [0.5, 0.6) is 0 Å². The molecule has 0 amide bonds. The van der Waals surface area contributed by atoms with Crippen molar-refractivity contribution in [2.45, 2.75) is 19.6 Å². The van der Waals surface area contributed by atoms with Crippen LogP contribution in [-0.4, -0.2) is 39.1 Å². The fourth-order valence-electron chi connectivity index (χ4n) is 2.29. The van der Waals surface area contributed by atoms with Crippen molar-refractivity contribution in [3.8, 4) is 0 Å². The number of imidazole rings is 1. The van der Waals surface area contributed by atoms with Crippen LogP contribution in [-0.2, 0) is 18.3 Å². The summed E-state index contributed by atoms with van der Waals surface area (Å²) < 4.78 is 7.75. The highest BCUT2D eigenvalue weighted by atomic mass is 35.5. The number of halogens is 1. The van der Waals surface area contributed by atoms with Crippen molar-refractivity contribution in [3.63, 3.8) is 0 Å². The molecule has 1 aliphatic heterocycles. The topological polar surface area (TPSA) is 43.2 Å². The van der Waals surface area contributed by atoms with E-state index in [4.69, 9.17) is 16.3 Å². The third kappa shape index (κ3) is 2.88. The van der Waals surface area contributed by atoms with Gasteiger partial charge in [0.25, 0.3) is 0 Å². The molecule has 3 rings (SSSR count). The summed E-state index contributed by atoms with van der Waals surface area (Å²) in [6, 6.07) is 0. The van der Waals surface area contributed by atoms with Gasteiger partial charge in [0, 0.05) is 31.2 Å². The van der Waals surface area contributed by atoms with Crippen LogP contribution < -0.4 is 0 Å². The van der Waals surface area contributed by atoms with Crippen LogP contribution in [0.2, 0.25) is 5.15 Å². The van der Waals surface area contributed by atoms with Gasteiger partial charge in [0.15, 0.2) is 0 Å². The molecule has 2 aromatic heterocycles. The summed E-state index contributed by atoms with van der Waals surface area (Å²) in [5.74, 6) is 0.978. The molecule has 0 unspecified atom stereocenters. The zero-order valence-corrected chi connectivity index (χ0v) is 13.1. The van der Waals surface area contributed by atoms with Crippen molar-refractivity contribution in [2.24, 2.45) is 7.05 Å². The Morgan fingerprint density at radius 3 is 3.05 bits per heavy atom. The number of rotatable bonds is 3. The molecule has 0 saturated carbocycles. The van der Waals surface area contributed by atoms with Crippen LogP contribution in [0.3, 0.4) is 0 Å². The van der Waals surface area contributed by atoms with Gasteiger partial charge in [-0.1, -0.05) is 11.6 Å². The number of aryl methyl sites for hydroxylation is 1. The van der Waals surface area contributed by atoms with Crippen LogP contribution in [0.1, 0.15) is 22.6 Å². The highest BCUT2D eigenvalue weighted by molar-refractivity contribution is 7.09. The van der Waals surface area contributed by atoms with E-state index in [-0.39, 0.29) is 6.10 Å². The van der Waals surface area contributed by atoms with E-state index in [9.17, 15) is 0 Å². The SMILES string of the molecule is Cc1csc([C@@H]2CN(Cc3ncc(Cl)n3C)CCO2)n1. The summed E-state index contributed by atoms with van der Waals surface area (Å²) >= 11 is 7.69. The smallest absolute Gasteiger partial charge is 0.128 e. The van der Waals surface area contributed by atoms with Gasteiger partial charge in [-0.25, -0.2) is 9.97 Å². The van der Waals surface area contributed by atoms with E-state index in [0.717, 1.165) is 42.8 Å². The second-order valence-corrected chi connectivity index (χ2v) is 6.25. The van der Waals surface area contributed by atoms with Crippen molar-refractivity contribution in [3.05, 3.63) is 33.3 Å². The summed E-state index contributed by atoms with van der Waals surface area (Å²) in [6.45, 7) is 5.27. The first-order chi connectivity index (χ1) is 9.63. The molecule has 1 aliphatic rings. The van der Waals surface area contributed by atoms with Gasteiger partial charge >= 0.3 is 0 Å². The Bertz CT molecular complexity index is 597. The van der Waals surface area contributed by atoms with Gasteiger partial charge in [-0.15, -0.1) is 11.3 Å². The molecular weight excluding hydrogens is 296 g/mol. The van der Waals surface area contributed by atoms with Crippen LogP contribution in [0.15, 0.2) is 11.6 Å². The maximum Gasteiger partial charge on any atom is 0.128 e. The molecule has 0 radical (unpaired) electrons. The standard InChI is InChI=1S/C13H17ClN4OS/c1-9-8-20-13(16-9)10-6-18(3-4-19-10)7-12-15-5-11(14)17(12)2/h5,8,10H,3-4,6-7H2,1-2H3/t10-/m0/s1. The van der Waals surface area contributed by atoms with E-state index in [0.29, 0.717) is 5.15 Å². The number of ether oxygens (including phenoxy) is 1. The number of nitrogens with zero attached hydrogens (tertiary/aromatic N) is 4. The molecule has 0 N–H and O–H groups in total. The molecular formula is C13H17ClN4OS. The predicted octanol–water partition coefficient (Wildman–Crippen LogP) is 2.41. The summed E-state index contributed by atoms with van der Waals surface area (Å²) in [7, 11) is 1.94. The van der Waals surface area contributed by atoms with Gasteiger partial charge in [-0.3, -0.25) is 4.90 Å². The molecule has 2 aromatic rings. The maximum absolute atomic E-state index is 6.02. The van der Waals surface area contributed by atoms with Gasteiger partial charge in [0.1, 0.15) is 22.1 Å². The Kier molecular flexibility index (Phi) is 4.07. The second kappa shape index (κ2) is 5.81. The number of hydrogen-bond acceptors (Lipinski definition) is 5. The molecule has 1 atom stereocenters. The monoisotopic (exact) mass is 312 g/mol. The van der Waals surface area contributed by atoms with Gasteiger partial charge < -0.3 is 9.30 Å². The van der Waals surface area contributed by atoms with Gasteiger partial charge in [-0.2, -0.15) is 0 Å². The van der Waals surface area contributed by atoms with Crippen molar-refractivity contribution >= 4 is 22.9 Å². The average molecular weight is 313 g/mol. The van der Waals surface area contributed by atoms with Crippen LogP contribution in [0, 0.1) is 6.92 Å². The number of morpholine rings is 1. The lowest BCUT2D eigenvalue weighted by atomic mass is 10.2. The fraction of sp³-hybridized carbons (Fsp3) is 0.538. The predicted molar refractivity (Wildman–Crippen MR) is 79.0 cm³/mol. The Balaban J connectivity index is 1.68. The molecule has 0 spiro atoms. The van der Waals surface area contributed by atoms with E-state index in [1.54, 1.807) is 17.5 Å². The first kappa shape index (κ1) is 14.0. The zero-order chi connectivity index (χ0) is 14.1. The van der Waals surface area contributed by atoms with E-state index < -0.39 is 0 Å². The van der Waals surface area contributed by atoms with Crippen LogP contribution in [0.25, 0.3) is 0 Å². The molecule has 3 heterocycles. The van der Waals surface area contributed by atoms with E-state index in [2.05, 4.69) is 20.2 Å². The molecule has 0 bridgehead atoms. The lowest BCUT2D eigenvalue weighted by Gasteiger charge is -2.31. The van der Waals surface area contributed by atoms with E-state index in [1.807, 2.05) is 18.5 Å². The van der Waals surface area contributed by atoms with Crippen molar-refractivity contribution in [1.82, 2.24) is 19.4 Å².